The average Bonchev–Trinajstić information content (AvgIpc) is 3.05. The molecule has 2 N–H and O–H groups in total. The predicted octanol–water partition coefficient (Wildman–Crippen LogP) is 3.53. The molecule has 1 aliphatic rings. The van der Waals surface area contributed by atoms with E-state index in [0.717, 1.165) is 37.3 Å². The summed E-state index contributed by atoms with van der Waals surface area (Å²) in [4.78, 5) is 9.14. The minimum absolute atomic E-state index is 0.296. The van der Waals surface area contributed by atoms with Crippen LogP contribution in [-0.4, -0.2) is 33.4 Å². The van der Waals surface area contributed by atoms with Gasteiger partial charge in [0, 0.05) is 11.6 Å². The van der Waals surface area contributed by atoms with Crippen LogP contribution < -0.4 is 10.6 Å². The minimum atomic E-state index is 0.296. The number of hydrogen-bond donors (Lipinski definition) is 2. The van der Waals surface area contributed by atoms with E-state index in [0.29, 0.717) is 33.1 Å². The van der Waals surface area contributed by atoms with E-state index >= 15 is 0 Å². The van der Waals surface area contributed by atoms with Gasteiger partial charge < -0.3 is 10.6 Å². The van der Waals surface area contributed by atoms with Crippen LogP contribution in [0.15, 0.2) is 22.8 Å². The van der Waals surface area contributed by atoms with Crippen LogP contribution in [0, 0.1) is 0 Å². The topological polar surface area (TPSA) is 88.8 Å². The molecule has 3 heterocycles. The molecular formula is C15H14Cl2N6O. The molecule has 1 fully saturated rings. The molecule has 0 amide bonds. The van der Waals surface area contributed by atoms with Gasteiger partial charge in [-0.3, -0.25) is 0 Å². The Kier molecular flexibility index (Phi) is 4.22. The SMILES string of the molecule is Clc1ccc(Nc2nc3nonc3nc2C2CCNCC2)cc1Cl. The summed E-state index contributed by atoms with van der Waals surface area (Å²) in [5.74, 6) is 0.939. The summed E-state index contributed by atoms with van der Waals surface area (Å²) in [6, 6.07) is 5.33. The molecule has 0 atom stereocenters. The summed E-state index contributed by atoms with van der Waals surface area (Å²) in [6.45, 7) is 1.90. The standard InChI is InChI=1S/C15H14Cl2N6O/c16-10-2-1-9(7-11(10)17)19-13-12(8-3-5-18-6-4-8)20-14-15(21-13)23-24-22-14/h1-2,7-8,18H,3-6H2,(H,19,21,23). The van der Waals surface area contributed by atoms with Crippen LogP contribution in [0.1, 0.15) is 24.5 Å². The summed E-state index contributed by atoms with van der Waals surface area (Å²) < 4.78 is 4.74. The zero-order valence-electron chi connectivity index (χ0n) is 12.6. The van der Waals surface area contributed by atoms with E-state index in [1.54, 1.807) is 12.1 Å². The van der Waals surface area contributed by atoms with Crippen molar-refractivity contribution < 1.29 is 4.63 Å². The van der Waals surface area contributed by atoms with E-state index in [9.17, 15) is 0 Å². The summed E-state index contributed by atoms with van der Waals surface area (Å²) in [5, 5.41) is 15.2. The lowest BCUT2D eigenvalue weighted by Gasteiger charge is -2.23. The summed E-state index contributed by atoms with van der Waals surface area (Å²) in [6.07, 6.45) is 1.98. The van der Waals surface area contributed by atoms with Crippen LogP contribution in [0.25, 0.3) is 11.3 Å². The molecule has 0 spiro atoms. The van der Waals surface area contributed by atoms with Gasteiger partial charge in [-0.05, 0) is 54.4 Å². The monoisotopic (exact) mass is 364 g/mol. The third-order valence-corrected chi connectivity index (χ3v) is 4.79. The second-order valence-electron chi connectivity index (χ2n) is 5.65. The van der Waals surface area contributed by atoms with Gasteiger partial charge in [-0.25, -0.2) is 14.6 Å². The van der Waals surface area contributed by atoms with E-state index in [-0.39, 0.29) is 0 Å². The molecule has 2 aromatic heterocycles. The second-order valence-corrected chi connectivity index (χ2v) is 6.46. The number of hydrogen-bond acceptors (Lipinski definition) is 7. The van der Waals surface area contributed by atoms with Gasteiger partial charge in [-0.1, -0.05) is 23.2 Å². The largest absolute Gasteiger partial charge is 0.339 e. The summed E-state index contributed by atoms with van der Waals surface area (Å²) >= 11 is 12.1. The van der Waals surface area contributed by atoms with Crippen LogP contribution in [-0.2, 0) is 0 Å². The molecular weight excluding hydrogens is 351 g/mol. The fraction of sp³-hybridized carbons (Fsp3) is 0.333. The highest BCUT2D eigenvalue weighted by molar-refractivity contribution is 6.42. The fourth-order valence-electron chi connectivity index (χ4n) is 2.83. The number of halogens is 2. The molecule has 0 unspecified atom stereocenters. The molecule has 4 rings (SSSR count). The highest BCUT2D eigenvalue weighted by Gasteiger charge is 2.23. The number of nitrogens with one attached hydrogen (secondary N) is 2. The normalized spacial score (nSPS) is 15.8. The first kappa shape index (κ1) is 15.6. The van der Waals surface area contributed by atoms with Crippen molar-refractivity contribution in [2.45, 2.75) is 18.8 Å². The Morgan fingerprint density at radius 2 is 1.79 bits per heavy atom. The predicted molar refractivity (Wildman–Crippen MR) is 92.0 cm³/mol. The number of rotatable bonds is 3. The van der Waals surface area contributed by atoms with Gasteiger partial charge >= 0.3 is 0 Å². The van der Waals surface area contributed by atoms with Crippen LogP contribution in [0.4, 0.5) is 11.5 Å². The van der Waals surface area contributed by atoms with Crippen LogP contribution in [0.5, 0.6) is 0 Å². The van der Waals surface area contributed by atoms with Gasteiger partial charge in [-0.2, -0.15) is 0 Å². The van der Waals surface area contributed by atoms with E-state index in [1.807, 2.05) is 6.07 Å². The maximum Gasteiger partial charge on any atom is 0.245 e. The molecule has 7 nitrogen and oxygen atoms in total. The van der Waals surface area contributed by atoms with Crippen molar-refractivity contribution in [2.75, 3.05) is 18.4 Å². The molecule has 1 aromatic carbocycles. The summed E-state index contributed by atoms with van der Waals surface area (Å²) in [7, 11) is 0. The maximum atomic E-state index is 6.09. The number of anilines is 2. The van der Waals surface area contributed by atoms with Crippen molar-refractivity contribution in [3.05, 3.63) is 33.9 Å². The Morgan fingerprint density at radius 1 is 1.04 bits per heavy atom. The Morgan fingerprint density at radius 3 is 2.54 bits per heavy atom. The molecule has 9 heteroatoms. The highest BCUT2D eigenvalue weighted by Crippen LogP contribution is 2.32. The van der Waals surface area contributed by atoms with E-state index < -0.39 is 0 Å². The minimum Gasteiger partial charge on any atom is -0.339 e. The fourth-order valence-corrected chi connectivity index (χ4v) is 3.13. The molecule has 3 aromatic rings. The van der Waals surface area contributed by atoms with Crippen molar-refractivity contribution >= 4 is 46.0 Å². The highest BCUT2D eigenvalue weighted by atomic mass is 35.5. The lowest BCUT2D eigenvalue weighted by molar-refractivity contribution is 0.314. The number of aromatic nitrogens is 4. The van der Waals surface area contributed by atoms with E-state index in [4.69, 9.17) is 27.8 Å². The first-order chi connectivity index (χ1) is 11.7. The van der Waals surface area contributed by atoms with E-state index in [2.05, 4.69) is 30.9 Å². The van der Waals surface area contributed by atoms with Gasteiger partial charge in [0.15, 0.2) is 5.82 Å². The van der Waals surface area contributed by atoms with Crippen molar-refractivity contribution in [3.63, 3.8) is 0 Å². The molecule has 1 saturated heterocycles. The van der Waals surface area contributed by atoms with Crippen LogP contribution in [0.2, 0.25) is 10.0 Å². The average molecular weight is 365 g/mol. The third-order valence-electron chi connectivity index (χ3n) is 4.05. The third kappa shape index (κ3) is 3.02. The van der Waals surface area contributed by atoms with Gasteiger partial charge in [0.1, 0.15) is 0 Å². The lowest BCUT2D eigenvalue weighted by Crippen LogP contribution is -2.27. The number of nitrogens with zero attached hydrogens (tertiary/aromatic N) is 4. The summed E-state index contributed by atoms with van der Waals surface area (Å²) in [5.41, 5.74) is 2.44. The Labute approximate surface area is 147 Å². The smallest absolute Gasteiger partial charge is 0.245 e. The van der Waals surface area contributed by atoms with Gasteiger partial charge in [0.05, 0.1) is 15.7 Å². The van der Waals surface area contributed by atoms with Gasteiger partial charge in [-0.15, -0.1) is 0 Å². The maximum absolute atomic E-state index is 6.09. The molecule has 0 bridgehead atoms. The van der Waals surface area contributed by atoms with Gasteiger partial charge in [0.25, 0.3) is 0 Å². The lowest BCUT2D eigenvalue weighted by atomic mass is 9.94. The molecule has 24 heavy (non-hydrogen) atoms. The quantitative estimate of drug-likeness (QED) is 0.734. The van der Waals surface area contributed by atoms with E-state index in [1.165, 1.54) is 0 Å². The van der Waals surface area contributed by atoms with Crippen molar-refractivity contribution in [3.8, 4) is 0 Å². The molecule has 124 valence electrons. The Hall–Kier alpha value is -1.96. The second kappa shape index (κ2) is 6.51. The number of piperidine rings is 1. The molecule has 0 radical (unpaired) electrons. The number of fused-ring (bicyclic) bond motifs is 1. The Bertz CT molecular complexity index is 878. The molecule has 0 aliphatic carbocycles. The van der Waals surface area contributed by atoms with Crippen molar-refractivity contribution in [1.29, 1.82) is 0 Å². The van der Waals surface area contributed by atoms with Crippen LogP contribution in [0.3, 0.4) is 0 Å². The first-order valence-corrected chi connectivity index (χ1v) is 8.39. The van der Waals surface area contributed by atoms with Crippen LogP contribution >= 0.6 is 23.2 Å². The zero-order chi connectivity index (χ0) is 16.5. The first-order valence-electron chi connectivity index (χ1n) is 7.64. The molecule has 1 aliphatic heterocycles. The zero-order valence-corrected chi connectivity index (χ0v) is 14.1. The van der Waals surface area contributed by atoms with Crippen molar-refractivity contribution in [1.82, 2.24) is 25.6 Å². The molecule has 0 saturated carbocycles. The number of benzene rings is 1. The van der Waals surface area contributed by atoms with Gasteiger partial charge in [0.2, 0.25) is 11.3 Å². The Balaban J connectivity index is 1.75. The van der Waals surface area contributed by atoms with Crippen molar-refractivity contribution in [2.24, 2.45) is 0 Å².